The first-order chi connectivity index (χ1) is 12.6. The molecule has 1 atom stereocenters. The number of halogens is 4. The Morgan fingerprint density at radius 1 is 1.33 bits per heavy atom. The van der Waals surface area contributed by atoms with Gasteiger partial charge in [0.15, 0.2) is 5.76 Å². The van der Waals surface area contributed by atoms with Gasteiger partial charge in [0, 0.05) is 16.6 Å². The molecule has 144 valence electrons. The summed E-state index contributed by atoms with van der Waals surface area (Å²) >= 11 is 3.29. The Kier molecular flexibility index (Phi) is 5.04. The number of rotatable bonds is 4. The van der Waals surface area contributed by atoms with E-state index in [1.54, 1.807) is 24.3 Å². The molecular weight excluding hydrogens is 433 g/mol. The Morgan fingerprint density at radius 2 is 2.00 bits per heavy atom. The fourth-order valence-electron chi connectivity index (χ4n) is 2.51. The highest BCUT2D eigenvalue weighted by molar-refractivity contribution is 9.10. The number of aliphatic hydroxyl groups is 1. The molecule has 2 heterocycles. The third kappa shape index (κ3) is 3.86. The van der Waals surface area contributed by atoms with Crippen LogP contribution in [-0.4, -0.2) is 33.6 Å². The van der Waals surface area contributed by atoms with Gasteiger partial charge in [-0.2, -0.15) is 23.3 Å². The van der Waals surface area contributed by atoms with Crippen molar-refractivity contribution in [3.05, 3.63) is 52.4 Å². The zero-order valence-corrected chi connectivity index (χ0v) is 15.5. The second-order valence-electron chi connectivity index (χ2n) is 5.95. The van der Waals surface area contributed by atoms with Gasteiger partial charge in [-0.25, -0.2) is 0 Å². The van der Waals surface area contributed by atoms with Crippen molar-refractivity contribution in [2.75, 3.05) is 0 Å². The lowest BCUT2D eigenvalue weighted by atomic mass is 10.1. The van der Waals surface area contributed by atoms with Crippen LogP contribution >= 0.6 is 15.9 Å². The summed E-state index contributed by atoms with van der Waals surface area (Å²) in [4.78, 5) is 12.4. The average Bonchev–Trinajstić information content (AvgIpc) is 3.18. The molecule has 27 heavy (non-hydrogen) atoms. The van der Waals surface area contributed by atoms with Crippen molar-refractivity contribution in [1.29, 1.82) is 0 Å². The van der Waals surface area contributed by atoms with E-state index in [9.17, 15) is 23.1 Å². The van der Waals surface area contributed by atoms with Crippen molar-refractivity contribution in [3.8, 4) is 5.75 Å². The molecule has 2 aromatic rings. The normalized spacial score (nSPS) is 19.9. The minimum Gasteiger partial charge on any atom is -0.486 e. The summed E-state index contributed by atoms with van der Waals surface area (Å²) in [5.41, 5.74) is -3.41. The average molecular weight is 447 g/mol. The molecule has 0 spiro atoms. The van der Waals surface area contributed by atoms with Gasteiger partial charge in [-0.1, -0.05) is 15.9 Å². The summed E-state index contributed by atoms with van der Waals surface area (Å²) in [6, 6.07) is 9.60. The highest BCUT2D eigenvalue weighted by Crippen LogP contribution is 2.40. The van der Waals surface area contributed by atoms with Crippen molar-refractivity contribution in [1.82, 2.24) is 5.01 Å². The van der Waals surface area contributed by atoms with Gasteiger partial charge < -0.3 is 14.3 Å². The first-order valence-electron chi connectivity index (χ1n) is 7.75. The molecule has 1 aliphatic heterocycles. The lowest BCUT2D eigenvalue weighted by Crippen LogP contribution is -2.56. The van der Waals surface area contributed by atoms with Gasteiger partial charge in [-0.15, -0.1) is 0 Å². The predicted molar refractivity (Wildman–Crippen MR) is 92.1 cm³/mol. The molecule has 6 nitrogen and oxygen atoms in total. The van der Waals surface area contributed by atoms with E-state index in [-0.39, 0.29) is 28.8 Å². The van der Waals surface area contributed by atoms with Gasteiger partial charge in [-0.05, 0) is 43.3 Å². The summed E-state index contributed by atoms with van der Waals surface area (Å²) in [7, 11) is 0. The molecule has 0 fully saturated rings. The monoisotopic (exact) mass is 446 g/mol. The van der Waals surface area contributed by atoms with Gasteiger partial charge in [0.05, 0.1) is 0 Å². The molecule has 1 N–H and O–H groups in total. The Hall–Kier alpha value is -2.33. The third-order valence-electron chi connectivity index (χ3n) is 3.84. The Morgan fingerprint density at radius 3 is 2.63 bits per heavy atom. The Labute approximate surface area is 160 Å². The maximum atomic E-state index is 13.2. The zero-order chi connectivity index (χ0) is 19.8. The van der Waals surface area contributed by atoms with E-state index in [0.29, 0.717) is 5.75 Å². The van der Waals surface area contributed by atoms with Crippen molar-refractivity contribution < 1.29 is 32.2 Å². The molecule has 0 aliphatic carbocycles. The quantitative estimate of drug-likeness (QED) is 0.767. The van der Waals surface area contributed by atoms with Crippen LogP contribution in [0.5, 0.6) is 5.75 Å². The molecule has 0 unspecified atom stereocenters. The number of hydrogen-bond donors (Lipinski definition) is 1. The lowest BCUT2D eigenvalue weighted by Gasteiger charge is -2.32. The summed E-state index contributed by atoms with van der Waals surface area (Å²) in [5.74, 6) is -0.794. The van der Waals surface area contributed by atoms with E-state index >= 15 is 0 Å². The fourth-order valence-corrected chi connectivity index (χ4v) is 2.78. The smallest absolute Gasteiger partial charge is 0.438 e. The van der Waals surface area contributed by atoms with Crippen LogP contribution < -0.4 is 4.74 Å². The number of ether oxygens (including phenoxy) is 1. The first-order valence-corrected chi connectivity index (χ1v) is 8.54. The van der Waals surface area contributed by atoms with Gasteiger partial charge in [-0.3, -0.25) is 4.79 Å². The van der Waals surface area contributed by atoms with Crippen LogP contribution in [0.4, 0.5) is 13.2 Å². The van der Waals surface area contributed by atoms with Crippen LogP contribution in [-0.2, 0) is 6.61 Å². The molecule has 1 aromatic heterocycles. The van der Waals surface area contributed by atoms with Gasteiger partial charge in [0.1, 0.15) is 18.1 Å². The number of hydrazone groups is 1. The molecule has 1 amide bonds. The van der Waals surface area contributed by atoms with Crippen LogP contribution in [0.3, 0.4) is 0 Å². The van der Waals surface area contributed by atoms with E-state index < -0.39 is 24.2 Å². The molecule has 1 aromatic carbocycles. The Balaban J connectivity index is 1.73. The summed E-state index contributed by atoms with van der Waals surface area (Å²) < 4.78 is 51.3. The molecule has 0 bridgehead atoms. The SMILES string of the molecule is CC1=NN(C(=O)c2ccc(COc3ccc(Br)cc3)o2)[C@](O)(C(F)(F)F)C1. The number of alkyl halides is 3. The molecule has 0 saturated heterocycles. The Bertz CT molecular complexity index is 879. The van der Waals surface area contributed by atoms with Crippen molar-refractivity contribution >= 4 is 27.5 Å². The van der Waals surface area contributed by atoms with E-state index in [4.69, 9.17) is 9.15 Å². The molecule has 1 aliphatic rings. The second-order valence-corrected chi connectivity index (χ2v) is 6.87. The number of hydrogen-bond acceptors (Lipinski definition) is 5. The standard InChI is InChI=1S/C17H14BrF3N2O4/c1-10-8-16(25,17(19,20)21)23(22-10)15(24)14-7-6-13(27-14)9-26-12-4-2-11(18)3-5-12/h2-7,25H,8-9H2,1H3/t16-/m1/s1. The van der Waals surface area contributed by atoms with Gasteiger partial charge >= 0.3 is 12.1 Å². The van der Waals surface area contributed by atoms with Crippen molar-refractivity contribution in [2.24, 2.45) is 5.10 Å². The van der Waals surface area contributed by atoms with Crippen molar-refractivity contribution in [2.45, 2.75) is 31.9 Å². The summed E-state index contributed by atoms with van der Waals surface area (Å²) in [5, 5.41) is 13.5. The van der Waals surface area contributed by atoms with Crippen LogP contribution in [0.15, 0.2) is 50.4 Å². The summed E-state index contributed by atoms with van der Waals surface area (Å²) in [6.07, 6.45) is -5.88. The fraction of sp³-hybridized carbons (Fsp3) is 0.294. The topological polar surface area (TPSA) is 75.3 Å². The minimum absolute atomic E-state index is 0.0144. The van der Waals surface area contributed by atoms with Gasteiger partial charge in [0.25, 0.3) is 5.72 Å². The second kappa shape index (κ2) is 7.01. The maximum Gasteiger partial charge on any atom is 0.438 e. The molecule has 3 rings (SSSR count). The van der Waals surface area contributed by atoms with Crippen LogP contribution in [0, 0.1) is 0 Å². The van der Waals surface area contributed by atoms with Crippen LogP contribution in [0.25, 0.3) is 0 Å². The predicted octanol–water partition coefficient (Wildman–Crippen LogP) is 4.09. The largest absolute Gasteiger partial charge is 0.486 e. The third-order valence-corrected chi connectivity index (χ3v) is 4.37. The molecule has 0 radical (unpaired) electrons. The first kappa shape index (κ1) is 19.4. The summed E-state index contributed by atoms with van der Waals surface area (Å²) in [6.45, 7) is 1.27. The molecule has 0 saturated carbocycles. The highest BCUT2D eigenvalue weighted by Gasteiger charge is 2.63. The number of carbonyl (C=O) groups excluding carboxylic acids is 1. The number of furan rings is 1. The van der Waals surface area contributed by atoms with E-state index in [2.05, 4.69) is 21.0 Å². The minimum atomic E-state index is -5.07. The van der Waals surface area contributed by atoms with Crippen LogP contribution in [0.1, 0.15) is 29.7 Å². The number of amides is 1. The van der Waals surface area contributed by atoms with E-state index in [1.807, 2.05) is 0 Å². The van der Waals surface area contributed by atoms with E-state index in [1.165, 1.54) is 19.1 Å². The van der Waals surface area contributed by atoms with E-state index in [0.717, 1.165) is 4.47 Å². The van der Waals surface area contributed by atoms with Crippen molar-refractivity contribution in [3.63, 3.8) is 0 Å². The zero-order valence-electron chi connectivity index (χ0n) is 14.0. The highest BCUT2D eigenvalue weighted by atomic mass is 79.9. The molecular formula is C17H14BrF3N2O4. The number of carbonyl (C=O) groups is 1. The van der Waals surface area contributed by atoms with Crippen LogP contribution in [0.2, 0.25) is 0 Å². The number of benzene rings is 1. The molecule has 10 heteroatoms. The maximum absolute atomic E-state index is 13.2. The lowest BCUT2D eigenvalue weighted by molar-refractivity contribution is -0.297. The number of nitrogens with zero attached hydrogens (tertiary/aromatic N) is 2. The van der Waals surface area contributed by atoms with Gasteiger partial charge in [0.2, 0.25) is 0 Å².